The molecule has 0 bridgehead atoms. The molecule has 0 amide bonds. The van der Waals surface area contributed by atoms with Crippen molar-refractivity contribution in [3.63, 3.8) is 0 Å². The third kappa shape index (κ3) is 7.77. The van der Waals surface area contributed by atoms with E-state index in [0.29, 0.717) is 22.9 Å². The van der Waals surface area contributed by atoms with Gasteiger partial charge in [0.1, 0.15) is 0 Å². The lowest BCUT2D eigenvalue weighted by molar-refractivity contribution is 0.135. The number of nitrogens with zero attached hydrogens (tertiary/aromatic N) is 1. The lowest BCUT2D eigenvalue weighted by Gasteiger charge is -2.36. The van der Waals surface area contributed by atoms with Crippen LogP contribution in [0.4, 0.5) is 0 Å². The van der Waals surface area contributed by atoms with Crippen LogP contribution in [0.5, 0.6) is 0 Å². The summed E-state index contributed by atoms with van der Waals surface area (Å²) in [5.74, 6) is 0. The van der Waals surface area contributed by atoms with Crippen molar-refractivity contribution in [1.29, 1.82) is 0 Å². The van der Waals surface area contributed by atoms with Crippen LogP contribution in [0.25, 0.3) is 0 Å². The van der Waals surface area contributed by atoms with Crippen LogP contribution in [0.2, 0.25) is 0 Å². The topological polar surface area (TPSA) is 29.3 Å². The van der Waals surface area contributed by atoms with Gasteiger partial charge in [-0.15, -0.1) is 0 Å². The summed E-state index contributed by atoms with van der Waals surface area (Å²) in [4.78, 5) is 2.43. The highest BCUT2D eigenvalue weighted by Crippen LogP contribution is 2.24. The van der Waals surface area contributed by atoms with Gasteiger partial charge in [0, 0.05) is 12.1 Å². The van der Waals surface area contributed by atoms with Crippen LogP contribution in [0.15, 0.2) is 0 Å². The molecule has 0 fully saturated rings. The first-order chi connectivity index (χ1) is 7.43. The Balaban J connectivity index is 4.04. The molecule has 0 heterocycles. The van der Waals surface area contributed by atoms with E-state index in [4.69, 9.17) is 5.73 Å². The third-order valence-electron chi connectivity index (χ3n) is 3.64. The van der Waals surface area contributed by atoms with Gasteiger partial charge in [0.25, 0.3) is 0 Å². The average molecular weight is 242 g/mol. The standard InChI is InChI=1S/C15H34N2/c1-12(15(5,6)7)17(8)10-9-13(16)11-14(2,3)4/h12-13H,9-11,16H2,1-8H3. The van der Waals surface area contributed by atoms with Gasteiger partial charge in [-0.25, -0.2) is 0 Å². The Morgan fingerprint density at radius 2 is 1.53 bits per heavy atom. The molecule has 0 rings (SSSR count). The summed E-state index contributed by atoms with van der Waals surface area (Å²) >= 11 is 0. The molecule has 104 valence electrons. The third-order valence-corrected chi connectivity index (χ3v) is 3.64. The predicted molar refractivity (Wildman–Crippen MR) is 78.2 cm³/mol. The van der Waals surface area contributed by atoms with Crippen molar-refractivity contribution in [3.05, 3.63) is 0 Å². The molecule has 0 radical (unpaired) electrons. The molecule has 0 aliphatic carbocycles. The second kappa shape index (κ2) is 6.19. The molecule has 2 nitrogen and oxygen atoms in total. The largest absolute Gasteiger partial charge is 0.328 e. The SMILES string of the molecule is CC(N(C)CCC(N)CC(C)(C)C)C(C)(C)C. The second-order valence-electron chi connectivity index (χ2n) is 7.84. The maximum absolute atomic E-state index is 6.19. The highest BCUT2D eigenvalue weighted by atomic mass is 15.1. The fraction of sp³-hybridized carbons (Fsp3) is 1.00. The van der Waals surface area contributed by atoms with Gasteiger partial charge in [0.2, 0.25) is 0 Å². The quantitative estimate of drug-likeness (QED) is 0.799. The summed E-state index contributed by atoms with van der Waals surface area (Å²) in [7, 11) is 2.21. The normalized spacial score (nSPS) is 17.3. The minimum Gasteiger partial charge on any atom is -0.328 e. The monoisotopic (exact) mass is 242 g/mol. The van der Waals surface area contributed by atoms with Gasteiger partial charge in [-0.2, -0.15) is 0 Å². The smallest absolute Gasteiger partial charge is 0.0112 e. The molecule has 0 aliphatic heterocycles. The first kappa shape index (κ1) is 16.9. The molecule has 17 heavy (non-hydrogen) atoms. The maximum Gasteiger partial charge on any atom is 0.0112 e. The Hall–Kier alpha value is -0.0800. The Kier molecular flexibility index (Phi) is 6.16. The highest BCUT2D eigenvalue weighted by molar-refractivity contribution is 4.79. The summed E-state index contributed by atoms with van der Waals surface area (Å²) in [5.41, 5.74) is 6.87. The molecular formula is C15H34N2. The van der Waals surface area contributed by atoms with Crippen LogP contribution in [0.3, 0.4) is 0 Å². The van der Waals surface area contributed by atoms with E-state index < -0.39 is 0 Å². The van der Waals surface area contributed by atoms with Crippen LogP contribution in [0, 0.1) is 10.8 Å². The molecule has 0 spiro atoms. The molecule has 0 saturated heterocycles. The number of hydrogen-bond donors (Lipinski definition) is 1. The van der Waals surface area contributed by atoms with Crippen molar-refractivity contribution in [2.75, 3.05) is 13.6 Å². The summed E-state index contributed by atoms with van der Waals surface area (Å²) < 4.78 is 0. The summed E-state index contributed by atoms with van der Waals surface area (Å²) in [6.45, 7) is 17.1. The molecule has 0 aromatic rings. The Morgan fingerprint density at radius 3 is 1.88 bits per heavy atom. The molecule has 2 unspecified atom stereocenters. The van der Waals surface area contributed by atoms with E-state index in [0.717, 1.165) is 19.4 Å². The van der Waals surface area contributed by atoms with Gasteiger partial charge in [0.05, 0.1) is 0 Å². The summed E-state index contributed by atoms with van der Waals surface area (Å²) in [5, 5.41) is 0. The lowest BCUT2D eigenvalue weighted by Crippen LogP contribution is -2.41. The molecule has 0 aromatic carbocycles. The van der Waals surface area contributed by atoms with Crippen molar-refractivity contribution < 1.29 is 0 Å². The second-order valence-corrected chi connectivity index (χ2v) is 7.84. The van der Waals surface area contributed by atoms with Crippen molar-refractivity contribution in [2.45, 2.75) is 73.4 Å². The minimum atomic E-state index is 0.324. The predicted octanol–water partition coefficient (Wildman–Crippen LogP) is 3.51. The Labute approximate surface area is 109 Å². The zero-order chi connectivity index (χ0) is 13.9. The summed E-state index contributed by atoms with van der Waals surface area (Å²) in [6.07, 6.45) is 2.19. The Morgan fingerprint density at radius 1 is 1.06 bits per heavy atom. The molecule has 0 aromatic heterocycles. The van der Waals surface area contributed by atoms with Crippen LogP contribution in [-0.4, -0.2) is 30.6 Å². The van der Waals surface area contributed by atoms with Gasteiger partial charge < -0.3 is 10.6 Å². The fourth-order valence-electron chi connectivity index (χ4n) is 2.11. The van der Waals surface area contributed by atoms with Crippen molar-refractivity contribution >= 4 is 0 Å². The number of hydrogen-bond acceptors (Lipinski definition) is 2. The van der Waals surface area contributed by atoms with E-state index in [1.807, 2.05) is 0 Å². The van der Waals surface area contributed by atoms with Crippen LogP contribution in [-0.2, 0) is 0 Å². The van der Waals surface area contributed by atoms with Crippen molar-refractivity contribution in [2.24, 2.45) is 16.6 Å². The van der Waals surface area contributed by atoms with E-state index in [1.54, 1.807) is 0 Å². The van der Waals surface area contributed by atoms with Gasteiger partial charge in [-0.3, -0.25) is 0 Å². The van der Waals surface area contributed by atoms with E-state index >= 15 is 0 Å². The molecule has 0 aliphatic rings. The van der Waals surface area contributed by atoms with Crippen LogP contribution < -0.4 is 5.73 Å². The molecule has 2 atom stereocenters. The first-order valence-electron chi connectivity index (χ1n) is 6.89. The first-order valence-corrected chi connectivity index (χ1v) is 6.89. The van der Waals surface area contributed by atoms with Crippen molar-refractivity contribution in [3.8, 4) is 0 Å². The zero-order valence-corrected chi connectivity index (χ0v) is 13.3. The van der Waals surface area contributed by atoms with Gasteiger partial charge in [-0.05, 0) is 44.2 Å². The van der Waals surface area contributed by atoms with E-state index in [9.17, 15) is 0 Å². The lowest BCUT2D eigenvalue weighted by atomic mass is 9.86. The average Bonchev–Trinajstić information content (AvgIpc) is 2.08. The van der Waals surface area contributed by atoms with Crippen molar-refractivity contribution in [1.82, 2.24) is 4.90 Å². The van der Waals surface area contributed by atoms with Crippen LogP contribution >= 0.6 is 0 Å². The summed E-state index contributed by atoms with van der Waals surface area (Å²) in [6, 6.07) is 0.911. The molecule has 2 N–H and O–H groups in total. The highest BCUT2D eigenvalue weighted by Gasteiger charge is 2.24. The van der Waals surface area contributed by atoms with E-state index in [1.165, 1.54) is 0 Å². The molecule has 0 saturated carbocycles. The van der Waals surface area contributed by atoms with Crippen LogP contribution in [0.1, 0.15) is 61.3 Å². The zero-order valence-electron chi connectivity index (χ0n) is 13.3. The van der Waals surface area contributed by atoms with E-state index in [2.05, 4.69) is 60.4 Å². The van der Waals surface area contributed by atoms with E-state index in [-0.39, 0.29) is 0 Å². The molecule has 2 heteroatoms. The fourth-order valence-corrected chi connectivity index (χ4v) is 2.11. The number of rotatable bonds is 5. The number of nitrogens with two attached hydrogens (primary N) is 1. The minimum absolute atomic E-state index is 0.324. The maximum atomic E-state index is 6.19. The Bertz CT molecular complexity index is 210. The van der Waals surface area contributed by atoms with Gasteiger partial charge in [-0.1, -0.05) is 41.5 Å². The van der Waals surface area contributed by atoms with Gasteiger partial charge >= 0.3 is 0 Å². The molecular weight excluding hydrogens is 208 g/mol. The van der Waals surface area contributed by atoms with Gasteiger partial charge in [0.15, 0.2) is 0 Å².